The van der Waals surface area contributed by atoms with Crippen molar-refractivity contribution < 1.29 is 13.2 Å². The van der Waals surface area contributed by atoms with Gasteiger partial charge in [0.2, 0.25) is 0 Å². The van der Waals surface area contributed by atoms with E-state index in [1.807, 2.05) is 20.8 Å². The number of morpholine rings is 1. The topological polar surface area (TPSA) is 49.9 Å². The van der Waals surface area contributed by atoms with E-state index in [9.17, 15) is 8.42 Å². The highest BCUT2D eigenvalue weighted by Gasteiger charge is 2.37. The van der Waals surface area contributed by atoms with Crippen LogP contribution in [0.25, 0.3) is 0 Å². The van der Waals surface area contributed by atoms with Crippen LogP contribution in [-0.4, -0.2) is 55.4 Å². The smallest absolute Gasteiger partial charge is 0.282 e. The Morgan fingerprint density at radius 2 is 1.79 bits per heavy atom. The van der Waals surface area contributed by atoms with Gasteiger partial charge in [0, 0.05) is 26.2 Å². The molecule has 1 aliphatic heterocycles. The van der Waals surface area contributed by atoms with Crippen molar-refractivity contribution >= 4 is 10.2 Å². The van der Waals surface area contributed by atoms with Crippen LogP contribution in [-0.2, 0) is 14.9 Å². The number of ether oxygens (including phenoxy) is 1. The predicted octanol–water partition coefficient (Wildman–Crippen LogP) is 1.46. The second kappa shape index (κ2) is 6.08. The average molecular weight is 290 g/mol. The Bertz CT molecular complexity index is 374. The molecule has 6 heteroatoms. The molecule has 0 amide bonds. The molecule has 1 aliphatic carbocycles. The van der Waals surface area contributed by atoms with E-state index in [4.69, 9.17) is 4.74 Å². The van der Waals surface area contributed by atoms with Crippen LogP contribution in [0.2, 0.25) is 0 Å². The normalized spacial score (nSPS) is 29.9. The highest BCUT2D eigenvalue weighted by molar-refractivity contribution is 7.86. The predicted molar refractivity (Wildman–Crippen MR) is 75.1 cm³/mol. The van der Waals surface area contributed by atoms with E-state index >= 15 is 0 Å². The number of rotatable bonds is 6. The Morgan fingerprint density at radius 1 is 1.21 bits per heavy atom. The molecule has 2 fully saturated rings. The van der Waals surface area contributed by atoms with Gasteiger partial charge in [0.15, 0.2) is 0 Å². The zero-order valence-corrected chi connectivity index (χ0v) is 13.0. The van der Waals surface area contributed by atoms with Crippen molar-refractivity contribution in [2.24, 2.45) is 5.92 Å². The zero-order valence-electron chi connectivity index (χ0n) is 12.2. The Kier molecular flexibility index (Phi) is 4.87. The standard InChI is InChI=1S/C13H26N2O3S/c1-4-7-14(10-13-5-6-13)19(16,17)15-8-11(2)18-12(3)9-15/h11-13H,4-10H2,1-3H3/t11-,12-/m1/s1. The van der Waals surface area contributed by atoms with Gasteiger partial charge in [0.1, 0.15) is 0 Å². The van der Waals surface area contributed by atoms with Gasteiger partial charge in [0.05, 0.1) is 12.2 Å². The first-order valence-electron chi connectivity index (χ1n) is 7.34. The Morgan fingerprint density at radius 3 is 2.26 bits per heavy atom. The lowest BCUT2D eigenvalue weighted by Crippen LogP contribution is -2.53. The van der Waals surface area contributed by atoms with Crippen LogP contribution in [0.15, 0.2) is 0 Å². The van der Waals surface area contributed by atoms with E-state index in [0.717, 1.165) is 6.42 Å². The summed E-state index contributed by atoms with van der Waals surface area (Å²) in [4.78, 5) is 0. The van der Waals surface area contributed by atoms with Crippen LogP contribution in [0.4, 0.5) is 0 Å². The van der Waals surface area contributed by atoms with E-state index in [-0.39, 0.29) is 12.2 Å². The Balaban J connectivity index is 2.08. The molecular formula is C13H26N2O3S. The molecule has 2 aliphatic rings. The lowest BCUT2D eigenvalue weighted by molar-refractivity contribution is -0.0455. The van der Waals surface area contributed by atoms with Gasteiger partial charge in [-0.3, -0.25) is 0 Å². The molecule has 0 aromatic carbocycles. The summed E-state index contributed by atoms with van der Waals surface area (Å²) in [6.45, 7) is 8.15. The van der Waals surface area contributed by atoms with Crippen LogP contribution in [0.1, 0.15) is 40.0 Å². The molecule has 1 saturated heterocycles. The summed E-state index contributed by atoms with van der Waals surface area (Å²) in [5.41, 5.74) is 0. The summed E-state index contributed by atoms with van der Waals surface area (Å²) in [5.74, 6) is 0.581. The minimum atomic E-state index is -3.32. The summed E-state index contributed by atoms with van der Waals surface area (Å²) in [6, 6.07) is 0. The van der Waals surface area contributed by atoms with Gasteiger partial charge in [-0.1, -0.05) is 6.92 Å². The highest BCUT2D eigenvalue weighted by Crippen LogP contribution is 2.31. The molecule has 1 saturated carbocycles. The second-order valence-electron chi connectivity index (χ2n) is 5.88. The molecule has 1 heterocycles. The van der Waals surface area contributed by atoms with Crippen molar-refractivity contribution in [2.75, 3.05) is 26.2 Å². The number of hydrogen-bond donors (Lipinski definition) is 0. The fraction of sp³-hybridized carbons (Fsp3) is 1.00. The molecule has 0 spiro atoms. The minimum Gasteiger partial charge on any atom is -0.373 e. The second-order valence-corrected chi connectivity index (χ2v) is 7.81. The van der Waals surface area contributed by atoms with Gasteiger partial charge < -0.3 is 4.74 Å². The number of hydrogen-bond acceptors (Lipinski definition) is 3. The Labute approximate surface area is 117 Å². The van der Waals surface area contributed by atoms with Crippen molar-refractivity contribution in [1.82, 2.24) is 8.61 Å². The van der Waals surface area contributed by atoms with Gasteiger partial charge in [0.25, 0.3) is 10.2 Å². The van der Waals surface area contributed by atoms with Gasteiger partial charge in [-0.05, 0) is 39.0 Å². The van der Waals surface area contributed by atoms with Crippen molar-refractivity contribution in [1.29, 1.82) is 0 Å². The van der Waals surface area contributed by atoms with Crippen molar-refractivity contribution in [2.45, 2.75) is 52.2 Å². The molecule has 0 aromatic rings. The van der Waals surface area contributed by atoms with Crippen molar-refractivity contribution in [3.05, 3.63) is 0 Å². The number of nitrogens with zero attached hydrogens (tertiary/aromatic N) is 2. The summed E-state index contributed by atoms with van der Waals surface area (Å²) in [7, 11) is -3.32. The molecular weight excluding hydrogens is 264 g/mol. The molecule has 0 bridgehead atoms. The van der Waals surface area contributed by atoms with Crippen LogP contribution < -0.4 is 0 Å². The van der Waals surface area contributed by atoms with Gasteiger partial charge >= 0.3 is 0 Å². The summed E-state index contributed by atoms with van der Waals surface area (Å²) in [5, 5.41) is 0. The maximum absolute atomic E-state index is 12.7. The molecule has 2 atom stereocenters. The molecule has 5 nitrogen and oxygen atoms in total. The first kappa shape index (κ1) is 15.2. The lowest BCUT2D eigenvalue weighted by atomic mass is 10.3. The SMILES string of the molecule is CCCN(CC1CC1)S(=O)(=O)N1C[C@@H](C)O[C@H](C)C1. The molecule has 0 N–H and O–H groups in total. The molecule has 0 radical (unpaired) electrons. The maximum atomic E-state index is 12.7. The first-order valence-corrected chi connectivity index (χ1v) is 8.73. The molecule has 112 valence electrons. The summed E-state index contributed by atoms with van der Waals surface area (Å²) >= 11 is 0. The van der Waals surface area contributed by atoms with Crippen LogP contribution in [0.3, 0.4) is 0 Å². The van der Waals surface area contributed by atoms with Gasteiger partial charge in [-0.25, -0.2) is 0 Å². The van der Waals surface area contributed by atoms with E-state index in [2.05, 4.69) is 0 Å². The fourth-order valence-corrected chi connectivity index (χ4v) is 4.56. The Hall–Kier alpha value is -0.170. The maximum Gasteiger partial charge on any atom is 0.282 e. The third kappa shape index (κ3) is 3.90. The highest BCUT2D eigenvalue weighted by atomic mass is 32.2. The van der Waals surface area contributed by atoms with E-state index in [1.54, 1.807) is 8.61 Å². The van der Waals surface area contributed by atoms with Gasteiger partial charge in [-0.15, -0.1) is 0 Å². The van der Waals surface area contributed by atoms with Crippen LogP contribution in [0.5, 0.6) is 0 Å². The van der Waals surface area contributed by atoms with Crippen molar-refractivity contribution in [3.8, 4) is 0 Å². The molecule has 2 rings (SSSR count). The first-order chi connectivity index (χ1) is 8.93. The van der Waals surface area contributed by atoms with E-state index in [0.29, 0.717) is 32.1 Å². The largest absolute Gasteiger partial charge is 0.373 e. The molecule has 19 heavy (non-hydrogen) atoms. The third-order valence-electron chi connectivity index (χ3n) is 3.67. The van der Waals surface area contributed by atoms with Crippen LogP contribution in [0, 0.1) is 5.92 Å². The summed E-state index contributed by atoms with van der Waals surface area (Å²) < 4.78 is 34.3. The molecule has 0 aromatic heterocycles. The minimum absolute atomic E-state index is 0.0251. The average Bonchev–Trinajstić information content (AvgIpc) is 3.11. The molecule has 0 unspecified atom stereocenters. The monoisotopic (exact) mass is 290 g/mol. The third-order valence-corrected chi connectivity index (χ3v) is 5.61. The van der Waals surface area contributed by atoms with E-state index < -0.39 is 10.2 Å². The summed E-state index contributed by atoms with van der Waals surface area (Å²) in [6.07, 6.45) is 3.16. The van der Waals surface area contributed by atoms with Gasteiger partial charge in [-0.2, -0.15) is 17.0 Å². The fourth-order valence-electron chi connectivity index (χ4n) is 2.62. The lowest BCUT2D eigenvalue weighted by Gasteiger charge is -2.37. The van der Waals surface area contributed by atoms with E-state index in [1.165, 1.54) is 12.8 Å². The van der Waals surface area contributed by atoms with Crippen molar-refractivity contribution in [3.63, 3.8) is 0 Å². The zero-order chi connectivity index (χ0) is 14.0. The van der Waals surface area contributed by atoms with Crippen LogP contribution >= 0.6 is 0 Å². The quantitative estimate of drug-likeness (QED) is 0.744.